The molecule has 3 aliphatic rings. The van der Waals surface area contributed by atoms with Crippen LogP contribution in [-0.4, -0.2) is 16.1 Å². The number of pyridine rings is 1. The summed E-state index contributed by atoms with van der Waals surface area (Å²) in [4.78, 5) is 8.15. The average molecular weight is 666 g/mol. The van der Waals surface area contributed by atoms with Crippen molar-refractivity contribution in [3.8, 4) is 0 Å². The summed E-state index contributed by atoms with van der Waals surface area (Å²) in [6.07, 6.45) is 4.66. The van der Waals surface area contributed by atoms with Crippen LogP contribution in [0.3, 0.4) is 0 Å². The Morgan fingerprint density at radius 1 is 0.654 bits per heavy atom. The van der Waals surface area contributed by atoms with Gasteiger partial charge in [0, 0.05) is 32.6 Å². The Balaban J connectivity index is 1.31. The number of aryl methyl sites for hydroxylation is 3. The number of anilines is 3. The number of furan rings is 1. The first-order chi connectivity index (χ1) is 25.7. The van der Waals surface area contributed by atoms with Crippen LogP contribution in [0.5, 0.6) is 0 Å². The van der Waals surface area contributed by atoms with Crippen LogP contribution in [0.4, 0.5) is 17.1 Å². The van der Waals surface area contributed by atoms with Gasteiger partial charge in [0.2, 0.25) is 0 Å². The molecule has 0 spiro atoms. The number of nitrogens with zero attached hydrogens (tertiary/aromatic N) is 3. The third kappa shape index (κ3) is 3.17. The molecule has 3 aromatic heterocycles. The van der Waals surface area contributed by atoms with Gasteiger partial charge in [-0.15, -0.1) is 0 Å². The first kappa shape index (κ1) is 27.6. The molecule has 4 nitrogen and oxygen atoms in total. The van der Waals surface area contributed by atoms with E-state index in [1.54, 1.807) is 0 Å². The fourth-order valence-electron chi connectivity index (χ4n) is 10.7. The van der Waals surface area contributed by atoms with Crippen molar-refractivity contribution in [2.45, 2.75) is 39.5 Å². The molecular weight excluding hydrogens is 633 g/mol. The van der Waals surface area contributed by atoms with Crippen molar-refractivity contribution < 1.29 is 4.42 Å². The molecule has 5 heteroatoms. The lowest BCUT2D eigenvalue weighted by Gasteiger charge is -2.41. The summed E-state index contributed by atoms with van der Waals surface area (Å²) in [7, 11) is 0. The van der Waals surface area contributed by atoms with Gasteiger partial charge in [0.25, 0.3) is 6.71 Å². The maximum absolute atomic E-state index is 7.00. The fraction of sp³-hybridized carbons (Fsp3) is 0.128. The van der Waals surface area contributed by atoms with Crippen LogP contribution in [0.2, 0.25) is 0 Å². The summed E-state index contributed by atoms with van der Waals surface area (Å²) < 4.78 is 9.58. The Morgan fingerprint density at radius 2 is 1.46 bits per heavy atom. The van der Waals surface area contributed by atoms with Crippen LogP contribution in [0.1, 0.15) is 35.1 Å². The van der Waals surface area contributed by atoms with Crippen LogP contribution in [-0.2, 0) is 12.8 Å². The van der Waals surface area contributed by atoms with E-state index in [4.69, 9.17) is 9.40 Å². The monoisotopic (exact) mass is 665 g/mol. The molecule has 0 fully saturated rings. The second-order valence-electron chi connectivity index (χ2n) is 15.4. The lowest BCUT2D eigenvalue weighted by Crippen LogP contribution is -2.60. The first-order valence-electron chi connectivity index (χ1n) is 18.7. The fourth-order valence-corrected chi connectivity index (χ4v) is 10.7. The van der Waals surface area contributed by atoms with E-state index >= 15 is 0 Å². The molecule has 0 unspecified atom stereocenters. The molecule has 244 valence electrons. The summed E-state index contributed by atoms with van der Waals surface area (Å²) in [5.41, 5.74) is 20.0. The molecule has 0 saturated carbocycles. The van der Waals surface area contributed by atoms with Crippen LogP contribution in [0.25, 0.3) is 71.1 Å². The van der Waals surface area contributed by atoms with Gasteiger partial charge in [-0.25, -0.2) is 4.98 Å². The third-order valence-corrected chi connectivity index (χ3v) is 12.7. The van der Waals surface area contributed by atoms with Crippen molar-refractivity contribution in [1.29, 1.82) is 0 Å². The van der Waals surface area contributed by atoms with Crippen LogP contribution in [0.15, 0.2) is 114 Å². The highest BCUT2D eigenvalue weighted by Gasteiger charge is 2.45. The SMILES string of the molecule is Cc1cccc2c1c1nc3cc4c(c5c3n1c1c3c(cc(C)c21)N(c1cccc2ccccc12)c1c(ccc2c1oc1ccccc12)B53)CCCC4. The van der Waals surface area contributed by atoms with Crippen LogP contribution in [0, 0.1) is 13.8 Å². The standard InChI is InChI=1S/C47H32BN3O/c1-25-11-9-18-33-39-26(2)23-37-42-45(39)51-44-35(49-47(51)40(25)33)24-28-13-4-6-16-30(28)41(44)48(42)34-22-21-32-31-17-7-8-20-38(31)52-46(32)43(34)50(37)36-19-10-14-27-12-3-5-15-29(27)36/h3,5,7-12,14-15,17-24H,4,6,13,16H2,1-2H3. The van der Waals surface area contributed by atoms with Crippen molar-refractivity contribution in [1.82, 2.24) is 9.38 Å². The Morgan fingerprint density at radius 3 is 2.40 bits per heavy atom. The molecule has 1 aliphatic carbocycles. The lowest BCUT2D eigenvalue weighted by atomic mass is 9.33. The van der Waals surface area contributed by atoms with E-state index < -0.39 is 0 Å². The van der Waals surface area contributed by atoms with E-state index in [2.05, 4.69) is 132 Å². The second kappa shape index (κ2) is 9.42. The van der Waals surface area contributed by atoms with Crippen molar-refractivity contribution in [2.75, 3.05) is 4.90 Å². The van der Waals surface area contributed by atoms with Crippen molar-refractivity contribution in [2.24, 2.45) is 0 Å². The zero-order valence-electron chi connectivity index (χ0n) is 29.0. The number of imidazole rings is 1. The maximum atomic E-state index is 7.00. The van der Waals surface area contributed by atoms with Gasteiger partial charge < -0.3 is 9.32 Å². The predicted molar refractivity (Wildman–Crippen MR) is 218 cm³/mol. The molecule has 0 atom stereocenters. The van der Waals surface area contributed by atoms with E-state index in [1.807, 2.05) is 0 Å². The van der Waals surface area contributed by atoms with Crippen LogP contribution < -0.4 is 21.3 Å². The zero-order chi connectivity index (χ0) is 34.0. The molecule has 0 saturated heterocycles. The van der Waals surface area contributed by atoms with Gasteiger partial charge in [0.1, 0.15) is 11.2 Å². The van der Waals surface area contributed by atoms with Crippen molar-refractivity contribution in [3.63, 3.8) is 0 Å². The Bertz CT molecular complexity index is 3290. The topological polar surface area (TPSA) is 33.7 Å². The van der Waals surface area contributed by atoms with Gasteiger partial charge in [-0.2, -0.15) is 0 Å². The number of fused-ring (bicyclic) bond motifs is 13. The molecule has 10 aromatic rings. The summed E-state index contributed by atoms with van der Waals surface area (Å²) in [6, 6.07) is 40.5. The minimum atomic E-state index is 0.0437. The molecule has 2 aliphatic heterocycles. The Labute approximate surface area is 300 Å². The molecule has 0 bridgehead atoms. The van der Waals surface area contributed by atoms with Crippen molar-refractivity contribution in [3.05, 3.63) is 131 Å². The minimum Gasteiger partial charge on any atom is -0.454 e. The second-order valence-corrected chi connectivity index (χ2v) is 15.4. The maximum Gasteiger partial charge on any atom is 0.252 e. The minimum absolute atomic E-state index is 0.0437. The summed E-state index contributed by atoms with van der Waals surface area (Å²) in [5, 5.41) is 8.66. The number of para-hydroxylation sites is 1. The lowest BCUT2D eigenvalue weighted by molar-refractivity contribution is 0.669. The predicted octanol–water partition coefficient (Wildman–Crippen LogP) is 9.95. The van der Waals surface area contributed by atoms with Crippen molar-refractivity contribution >= 4 is 111 Å². The largest absolute Gasteiger partial charge is 0.454 e. The van der Waals surface area contributed by atoms with E-state index in [-0.39, 0.29) is 6.71 Å². The third-order valence-electron chi connectivity index (χ3n) is 12.7. The van der Waals surface area contributed by atoms with E-state index in [0.29, 0.717) is 0 Å². The first-order valence-corrected chi connectivity index (χ1v) is 18.7. The number of hydrogen-bond acceptors (Lipinski definition) is 3. The smallest absolute Gasteiger partial charge is 0.252 e. The highest BCUT2D eigenvalue weighted by Crippen LogP contribution is 2.48. The molecule has 52 heavy (non-hydrogen) atoms. The zero-order valence-corrected chi connectivity index (χ0v) is 29.0. The normalized spacial score (nSPS) is 14.7. The van der Waals surface area contributed by atoms with E-state index in [9.17, 15) is 0 Å². The summed E-state index contributed by atoms with van der Waals surface area (Å²) in [6.45, 7) is 4.61. The van der Waals surface area contributed by atoms with Crippen LogP contribution >= 0.6 is 0 Å². The number of benzene rings is 7. The van der Waals surface area contributed by atoms with E-state index in [0.717, 1.165) is 51.6 Å². The van der Waals surface area contributed by atoms with E-state index in [1.165, 1.54) is 101 Å². The van der Waals surface area contributed by atoms with Gasteiger partial charge in [-0.05, 0) is 113 Å². The quantitative estimate of drug-likeness (QED) is 0.129. The average Bonchev–Trinajstić information content (AvgIpc) is 3.75. The molecule has 5 heterocycles. The molecular formula is C47H32BN3O. The summed E-state index contributed by atoms with van der Waals surface area (Å²) in [5.74, 6) is 0. The number of rotatable bonds is 1. The molecule has 0 amide bonds. The highest BCUT2D eigenvalue weighted by atomic mass is 16.3. The number of hydrogen-bond donors (Lipinski definition) is 0. The Kier molecular flexibility index (Phi) is 5.01. The molecule has 7 aromatic carbocycles. The van der Waals surface area contributed by atoms with Gasteiger partial charge >= 0.3 is 0 Å². The summed E-state index contributed by atoms with van der Waals surface area (Å²) >= 11 is 0. The highest BCUT2D eigenvalue weighted by molar-refractivity contribution is 7.01. The number of aromatic nitrogens is 2. The van der Waals surface area contributed by atoms with Gasteiger partial charge in [-0.3, -0.25) is 4.40 Å². The molecule has 13 rings (SSSR count). The molecule has 0 N–H and O–H groups in total. The molecule has 0 radical (unpaired) electrons. The van der Waals surface area contributed by atoms with Gasteiger partial charge in [0.15, 0.2) is 5.58 Å². The Hall–Kier alpha value is -6.07. The van der Waals surface area contributed by atoms with Gasteiger partial charge in [-0.1, -0.05) is 84.9 Å². The van der Waals surface area contributed by atoms with Gasteiger partial charge in [0.05, 0.1) is 27.9 Å².